The number of aromatic carboxylic acids is 1. The van der Waals surface area contributed by atoms with Gasteiger partial charge in [-0.2, -0.15) is 0 Å². The van der Waals surface area contributed by atoms with Crippen molar-refractivity contribution >= 4 is 28.3 Å². The molecular weight excluding hydrogens is 308 g/mol. The van der Waals surface area contributed by atoms with Crippen molar-refractivity contribution in [2.75, 3.05) is 31.6 Å². The number of carbonyl (C=O) groups excluding carboxylic acids is 1. The SMILES string of the molecule is O=C(O)c1c(NC(=O)N(CCO)CCO)sc2c1CCCC2. The van der Waals surface area contributed by atoms with Crippen LogP contribution in [0.15, 0.2) is 0 Å². The van der Waals surface area contributed by atoms with Crippen molar-refractivity contribution in [2.45, 2.75) is 25.7 Å². The van der Waals surface area contributed by atoms with E-state index in [0.29, 0.717) is 5.00 Å². The lowest BCUT2D eigenvalue weighted by Gasteiger charge is -2.20. The first-order valence-electron chi connectivity index (χ1n) is 7.24. The number of hydrogen-bond acceptors (Lipinski definition) is 5. The molecule has 4 N–H and O–H groups in total. The van der Waals surface area contributed by atoms with Crippen LogP contribution in [0, 0.1) is 0 Å². The molecule has 0 saturated heterocycles. The first-order chi connectivity index (χ1) is 10.6. The quantitative estimate of drug-likeness (QED) is 0.626. The van der Waals surface area contributed by atoms with E-state index in [1.165, 1.54) is 16.2 Å². The van der Waals surface area contributed by atoms with Crippen molar-refractivity contribution in [3.05, 3.63) is 16.0 Å². The predicted molar refractivity (Wildman–Crippen MR) is 82.7 cm³/mol. The number of urea groups is 1. The number of aryl methyl sites for hydroxylation is 1. The van der Waals surface area contributed by atoms with Crippen LogP contribution < -0.4 is 5.32 Å². The molecule has 0 aromatic carbocycles. The van der Waals surface area contributed by atoms with Gasteiger partial charge in [-0.05, 0) is 31.2 Å². The third kappa shape index (κ3) is 3.57. The number of hydrogen-bond donors (Lipinski definition) is 4. The van der Waals surface area contributed by atoms with Gasteiger partial charge in [-0.15, -0.1) is 11.3 Å². The molecule has 0 fully saturated rings. The van der Waals surface area contributed by atoms with Crippen LogP contribution in [0.1, 0.15) is 33.6 Å². The molecule has 0 spiro atoms. The minimum atomic E-state index is -1.04. The Bertz CT molecular complexity index is 552. The number of rotatable bonds is 6. The Morgan fingerprint density at radius 1 is 1.14 bits per heavy atom. The highest BCUT2D eigenvalue weighted by molar-refractivity contribution is 7.17. The second kappa shape index (κ2) is 7.57. The largest absolute Gasteiger partial charge is 0.478 e. The van der Waals surface area contributed by atoms with Gasteiger partial charge in [0, 0.05) is 18.0 Å². The number of aliphatic hydroxyl groups is 2. The topological polar surface area (TPSA) is 110 Å². The zero-order valence-electron chi connectivity index (χ0n) is 12.2. The molecule has 8 heteroatoms. The summed E-state index contributed by atoms with van der Waals surface area (Å²) < 4.78 is 0. The Kier molecular flexibility index (Phi) is 5.76. The van der Waals surface area contributed by atoms with Gasteiger partial charge in [-0.1, -0.05) is 0 Å². The van der Waals surface area contributed by atoms with Gasteiger partial charge in [0.05, 0.1) is 18.8 Å². The molecule has 0 saturated carbocycles. The van der Waals surface area contributed by atoms with Crippen molar-refractivity contribution < 1.29 is 24.9 Å². The first-order valence-corrected chi connectivity index (χ1v) is 8.05. The molecule has 2 amide bonds. The Morgan fingerprint density at radius 3 is 2.36 bits per heavy atom. The van der Waals surface area contributed by atoms with Gasteiger partial charge < -0.3 is 20.2 Å². The molecule has 1 aromatic heterocycles. The molecule has 122 valence electrons. The maximum Gasteiger partial charge on any atom is 0.339 e. The van der Waals surface area contributed by atoms with Gasteiger partial charge in [0.25, 0.3) is 0 Å². The summed E-state index contributed by atoms with van der Waals surface area (Å²) in [5.74, 6) is -1.04. The molecule has 7 nitrogen and oxygen atoms in total. The molecule has 0 radical (unpaired) electrons. The van der Waals surface area contributed by atoms with Crippen LogP contribution in [-0.4, -0.2) is 58.5 Å². The Morgan fingerprint density at radius 2 is 1.77 bits per heavy atom. The normalized spacial score (nSPS) is 13.5. The second-order valence-corrected chi connectivity index (χ2v) is 6.19. The number of thiophene rings is 1. The van der Waals surface area contributed by atoms with Crippen molar-refractivity contribution in [3.8, 4) is 0 Å². The number of aliphatic hydroxyl groups excluding tert-OH is 2. The summed E-state index contributed by atoms with van der Waals surface area (Å²) in [6.45, 7) is -0.278. The van der Waals surface area contributed by atoms with Gasteiger partial charge in [-0.25, -0.2) is 9.59 Å². The molecular formula is C14H20N2O5S. The van der Waals surface area contributed by atoms with Crippen LogP contribution in [0.5, 0.6) is 0 Å². The Labute approximate surface area is 132 Å². The number of carbonyl (C=O) groups is 2. The summed E-state index contributed by atoms with van der Waals surface area (Å²) in [6, 6.07) is -0.510. The average Bonchev–Trinajstić information content (AvgIpc) is 2.84. The lowest BCUT2D eigenvalue weighted by atomic mass is 9.95. The van der Waals surface area contributed by atoms with E-state index >= 15 is 0 Å². The molecule has 2 rings (SSSR count). The molecule has 0 atom stereocenters. The number of anilines is 1. The van der Waals surface area contributed by atoms with E-state index in [2.05, 4.69) is 5.32 Å². The standard InChI is InChI=1S/C14H20N2O5S/c17-7-5-16(6-8-18)14(21)15-12-11(13(19)20)9-3-1-2-4-10(9)22-12/h17-18H,1-8H2,(H,15,21)(H,19,20). The number of nitrogens with one attached hydrogen (secondary N) is 1. The smallest absolute Gasteiger partial charge is 0.339 e. The van der Waals surface area contributed by atoms with Gasteiger partial charge in [-0.3, -0.25) is 5.32 Å². The van der Waals surface area contributed by atoms with Crippen molar-refractivity contribution in [2.24, 2.45) is 0 Å². The van der Waals surface area contributed by atoms with Crippen molar-refractivity contribution in [3.63, 3.8) is 0 Å². The molecule has 22 heavy (non-hydrogen) atoms. The van der Waals surface area contributed by atoms with Gasteiger partial charge in [0.2, 0.25) is 0 Å². The predicted octanol–water partition coefficient (Wildman–Crippen LogP) is 1.14. The molecule has 1 aliphatic rings. The minimum absolute atomic E-state index is 0.0832. The highest BCUT2D eigenvalue weighted by Crippen LogP contribution is 2.38. The molecule has 0 aliphatic heterocycles. The fourth-order valence-electron chi connectivity index (χ4n) is 2.61. The number of carboxylic acid groups (broad SMARTS) is 1. The first kappa shape index (κ1) is 16.7. The second-order valence-electron chi connectivity index (χ2n) is 5.08. The lowest BCUT2D eigenvalue weighted by Crippen LogP contribution is -2.39. The van der Waals surface area contributed by atoms with Crippen LogP contribution in [0.3, 0.4) is 0 Å². The zero-order valence-corrected chi connectivity index (χ0v) is 13.0. The summed E-state index contributed by atoms with van der Waals surface area (Å²) >= 11 is 1.31. The molecule has 1 heterocycles. The van der Waals surface area contributed by atoms with E-state index in [0.717, 1.165) is 36.1 Å². The van der Waals surface area contributed by atoms with Gasteiger partial charge in [0.15, 0.2) is 0 Å². The van der Waals surface area contributed by atoms with E-state index in [9.17, 15) is 14.7 Å². The number of carboxylic acids is 1. The maximum atomic E-state index is 12.2. The van der Waals surface area contributed by atoms with Crippen LogP contribution in [0.4, 0.5) is 9.80 Å². The minimum Gasteiger partial charge on any atom is -0.478 e. The van der Waals surface area contributed by atoms with Crippen LogP contribution in [-0.2, 0) is 12.8 Å². The highest BCUT2D eigenvalue weighted by atomic mass is 32.1. The van der Waals surface area contributed by atoms with Crippen LogP contribution >= 0.6 is 11.3 Å². The summed E-state index contributed by atoms with van der Waals surface area (Å²) in [7, 11) is 0. The molecule has 1 aliphatic carbocycles. The summed E-state index contributed by atoms with van der Waals surface area (Å²) in [4.78, 5) is 26.0. The number of nitrogens with zero attached hydrogens (tertiary/aromatic N) is 1. The maximum absolute atomic E-state index is 12.2. The van der Waals surface area contributed by atoms with Crippen LogP contribution in [0.25, 0.3) is 0 Å². The zero-order chi connectivity index (χ0) is 16.1. The van der Waals surface area contributed by atoms with E-state index in [-0.39, 0.29) is 31.9 Å². The van der Waals surface area contributed by atoms with Crippen LogP contribution in [0.2, 0.25) is 0 Å². The lowest BCUT2D eigenvalue weighted by molar-refractivity contribution is 0.0697. The summed E-state index contributed by atoms with van der Waals surface area (Å²) in [5.41, 5.74) is 1.01. The monoisotopic (exact) mass is 328 g/mol. The molecule has 0 bridgehead atoms. The molecule has 0 unspecified atom stereocenters. The number of fused-ring (bicyclic) bond motifs is 1. The van der Waals surface area contributed by atoms with Gasteiger partial charge >= 0.3 is 12.0 Å². The van der Waals surface area contributed by atoms with Gasteiger partial charge in [0.1, 0.15) is 5.00 Å². The Balaban J connectivity index is 2.23. The fraction of sp³-hybridized carbons (Fsp3) is 0.571. The Hall–Kier alpha value is -1.64. The van der Waals surface area contributed by atoms with E-state index < -0.39 is 12.0 Å². The third-order valence-corrected chi connectivity index (χ3v) is 4.84. The summed E-state index contributed by atoms with van der Waals surface area (Å²) in [5, 5.41) is 30.3. The van der Waals surface area contributed by atoms with Crippen molar-refractivity contribution in [1.29, 1.82) is 0 Å². The van der Waals surface area contributed by atoms with E-state index in [1.54, 1.807) is 0 Å². The number of amides is 2. The summed E-state index contributed by atoms with van der Waals surface area (Å²) in [6.07, 6.45) is 3.55. The highest BCUT2D eigenvalue weighted by Gasteiger charge is 2.26. The average molecular weight is 328 g/mol. The van der Waals surface area contributed by atoms with E-state index in [1.807, 2.05) is 0 Å². The third-order valence-electron chi connectivity index (χ3n) is 3.63. The van der Waals surface area contributed by atoms with Crippen molar-refractivity contribution in [1.82, 2.24) is 4.90 Å². The molecule has 1 aromatic rings. The van der Waals surface area contributed by atoms with E-state index in [4.69, 9.17) is 10.2 Å². The fourth-order valence-corrected chi connectivity index (χ4v) is 3.88.